The lowest BCUT2D eigenvalue weighted by Crippen LogP contribution is -2.30. The van der Waals surface area contributed by atoms with E-state index in [1.54, 1.807) is 23.1 Å². The van der Waals surface area contributed by atoms with Crippen LogP contribution in [0.15, 0.2) is 65.7 Å². The van der Waals surface area contributed by atoms with Crippen molar-refractivity contribution in [3.05, 3.63) is 76.8 Å². The third-order valence-electron chi connectivity index (χ3n) is 3.79. The van der Waals surface area contributed by atoms with Crippen LogP contribution in [0.3, 0.4) is 0 Å². The van der Waals surface area contributed by atoms with E-state index < -0.39 is 0 Å². The minimum absolute atomic E-state index is 0.0602. The number of hydrogen-bond donors (Lipinski definition) is 0. The number of nitrogens with zero attached hydrogens (tertiary/aromatic N) is 2. The van der Waals surface area contributed by atoms with Crippen LogP contribution < -0.4 is 4.74 Å². The molecule has 0 aliphatic rings. The lowest BCUT2D eigenvalue weighted by Gasteiger charge is -2.21. The molecule has 0 radical (unpaired) electrons. The molecule has 0 aromatic heterocycles. The van der Waals surface area contributed by atoms with E-state index in [-0.39, 0.29) is 5.91 Å². The highest BCUT2D eigenvalue weighted by Gasteiger charge is 2.13. The van der Waals surface area contributed by atoms with Crippen molar-refractivity contribution in [3.8, 4) is 11.8 Å². The molecule has 1 amide bonds. The van der Waals surface area contributed by atoms with E-state index in [0.717, 1.165) is 15.8 Å². The summed E-state index contributed by atoms with van der Waals surface area (Å²) in [6.07, 6.45) is 2.77. The lowest BCUT2D eigenvalue weighted by molar-refractivity contribution is -0.131. The SMILES string of the molecule is C=CCN(Cc1ccc(C#N)cc1)C(=O)CCCOc1ccccc1Br. The Morgan fingerprint density at radius 2 is 1.96 bits per heavy atom. The standard InChI is InChI=1S/C21H21BrN2O2/c1-2-13-24(16-18-11-9-17(15-23)10-12-18)21(25)8-5-14-26-20-7-4-3-6-19(20)22/h2-4,6-7,9-12H,1,5,8,13-14,16H2. The van der Waals surface area contributed by atoms with E-state index in [2.05, 4.69) is 28.6 Å². The van der Waals surface area contributed by atoms with Gasteiger partial charge >= 0.3 is 0 Å². The van der Waals surface area contributed by atoms with Gasteiger partial charge in [0.1, 0.15) is 5.75 Å². The Morgan fingerprint density at radius 1 is 1.23 bits per heavy atom. The van der Waals surface area contributed by atoms with Crippen LogP contribution in [0.25, 0.3) is 0 Å². The maximum Gasteiger partial charge on any atom is 0.223 e. The number of ether oxygens (including phenoxy) is 1. The summed E-state index contributed by atoms with van der Waals surface area (Å²) in [6.45, 7) is 5.20. The summed E-state index contributed by atoms with van der Waals surface area (Å²) in [5.74, 6) is 0.838. The number of hydrogen-bond acceptors (Lipinski definition) is 3. The number of para-hydroxylation sites is 1. The first-order chi connectivity index (χ1) is 12.6. The van der Waals surface area contributed by atoms with Crippen molar-refractivity contribution in [2.24, 2.45) is 0 Å². The van der Waals surface area contributed by atoms with Gasteiger partial charge in [-0.2, -0.15) is 5.26 Å². The summed E-state index contributed by atoms with van der Waals surface area (Å²) in [5, 5.41) is 8.86. The van der Waals surface area contributed by atoms with Gasteiger partial charge in [-0.15, -0.1) is 6.58 Å². The maximum atomic E-state index is 12.5. The first kappa shape index (κ1) is 19.7. The molecular formula is C21H21BrN2O2. The van der Waals surface area contributed by atoms with Gasteiger partial charge in [0, 0.05) is 19.5 Å². The van der Waals surface area contributed by atoms with E-state index in [4.69, 9.17) is 10.00 Å². The molecule has 0 bridgehead atoms. The van der Waals surface area contributed by atoms with Gasteiger partial charge in [-0.3, -0.25) is 4.79 Å². The Labute approximate surface area is 162 Å². The summed E-state index contributed by atoms with van der Waals surface area (Å²) in [4.78, 5) is 14.3. The average Bonchev–Trinajstić information content (AvgIpc) is 2.66. The number of rotatable bonds is 9. The van der Waals surface area contributed by atoms with Gasteiger partial charge in [0.15, 0.2) is 0 Å². The fourth-order valence-corrected chi connectivity index (χ4v) is 2.84. The molecule has 0 saturated heterocycles. The fraction of sp³-hybridized carbons (Fsp3) is 0.238. The second kappa shape index (κ2) is 10.4. The van der Waals surface area contributed by atoms with Crippen molar-refractivity contribution < 1.29 is 9.53 Å². The zero-order chi connectivity index (χ0) is 18.8. The highest BCUT2D eigenvalue weighted by molar-refractivity contribution is 9.10. The van der Waals surface area contributed by atoms with Crippen LogP contribution in [-0.2, 0) is 11.3 Å². The molecule has 0 heterocycles. The summed E-state index contributed by atoms with van der Waals surface area (Å²) in [5.41, 5.74) is 1.60. The minimum atomic E-state index is 0.0602. The zero-order valence-corrected chi connectivity index (χ0v) is 16.1. The van der Waals surface area contributed by atoms with E-state index in [1.807, 2.05) is 36.4 Å². The molecule has 0 spiro atoms. The smallest absolute Gasteiger partial charge is 0.223 e. The predicted octanol–water partition coefficient (Wildman–Crippen LogP) is 4.69. The Kier molecular flexibility index (Phi) is 7.91. The third kappa shape index (κ3) is 6.05. The highest BCUT2D eigenvalue weighted by Crippen LogP contribution is 2.23. The van der Waals surface area contributed by atoms with Crippen molar-refractivity contribution in [2.75, 3.05) is 13.2 Å². The number of benzene rings is 2. The van der Waals surface area contributed by atoms with Gasteiger partial charge in [-0.25, -0.2) is 0 Å². The molecular weight excluding hydrogens is 392 g/mol. The molecule has 0 aliphatic heterocycles. The van der Waals surface area contributed by atoms with Crippen LogP contribution in [-0.4, -0.2) is 24.0 Å². The Hall–Kier alpha value is -2.58. The molecule has 0 atom stereocenters. The summed E-state index contributed by atoms with van der Waals surface area (Å²) < 4.78 is 6.61. The quantitative estimate of drug-likeness (QED) is 0.443. The molecule has 0 aliphatic carbocycles. The molecule has 5 heteroatoms. The molecule has 4 nitrogen and oxygen atoms in total. The molecule has 0 N–H and O–H groups in total. The second-order valence-corrected chi connectivity index (χ2v) is 6.61. The maximum absolute atomic E-state index is 12.5. The average molecular weight is 413 g/mol. The van der Waals surface area contributed by atoms with Crippen LogP contribution in [0.5, 0.6) is 5.75 Å². The van der Waals surface area contributed by atoms with Crippen LogP contribution in [0.4, 0.5) is 0 Å². The summed E-state index contributed by atoms with van der Waals surface area (Å²) in [7, 11) is 0. The molecule has 0 saturated carbocycles. The number of carbonyl (C=O) groups is 1. The van der Waals surface area contributed by atoms with Crippen molar-refractivity contribution in [3.63, 3.8) is 0 Å². The first-order valence-electron chi connectivity index (χ1n) is 8.39. The fourth-order valence-electron chi connectivity index (χ4n) is 2.44. The third-order valence-corrected chi connectivity index (χ3v) is 4.44. The number of amides is 1. The van der Waals surface area contributed by atoms with E-state index in [9.17, 15) is 4.79 Å². The Bertz CT molecular complexity index is 781. The van der Waals surface area contributed by atoms with Crippen LogP contribution in [0.1, 0.15) is 24.0 Å². The molecule has 2 aromatic rings. The van der Waals surface area contributed by atoms with Crippen molar-refractivity contribution >= 4 is 21.8 Å². The van der Waals surface area contributed by atoms with Crippen LogP contribution in [0.2, 0.25) is 0 Å². The zero-order valence-electron chi connectivity index (χ0n) is 14.5. The van der Waals surface area contributed by atoms with E-state index in [0.29, 0.717) is 38.1 Å². The molecule has 134 valence electrons. The molecule has 2 rings (SSSR count). The van der Waals surface area contributed by atoms with Gasteiger partial charge in [0.25, 0.3) is 0 Å². The topological polar surface area (TPSA) is 53.3 Å². The van der Waals surface area contributed by atoms with Crippen molar-refractivity contribution in [1.29, 1.82) is 5.26 Å². The molecule has 26 heavy (non-hydrogen) atoms. The Balaban J connectivity index is 1.84. The van der Waals surface area contributed by atoms with Crippen molar-refractivity contribution in [2.45, 2.75) is 19.4 Å². The molecule has 0 fully saturated rings. The van der Waals surface area contributed by atoms with Crippen LogP contribution in [0, 0.1) is 11.3 Å². The van der Waals surface area contributed by atoms with Gasteiger partial charge in [0.05, 0.1) is 22.7 Å². The van der Waals surface area contributed by atoms with Gasteiger partial charge in [-0.05, 0) is 52.2 Å². The lowest BCUT2D eigenvalue weighted by atomic mass is 10.1. The normalized spacial score (nSPS) is 10.0. The van der Waals surface area contributed by atoms with Gasteiger partial charge < -0.3 is 9.64 Å². The first-order valence-corrected chi connectivity index (χ1v) is 9.18. The minimum Gasteiger partial charge on any atom is -0.492 e. The number of carbonyl (C=O) groups excluding carboxylic acids is 1. The summed E-state index contributed by atoms with van der Waals surface area (Å²) in [6, 6.07) is 17.0. The number of halogens is 1. The van der Waals surface area contributed by atoms with E-state index >= 15 is 0 Å². The van der Waals surface area contributed by atoms with E-state index in [1.165, 1.54) is 0 Å². The monoisotopic (exact) mass is 412 g/mol. The number of nitriles is 1. The van der Waals surface area contributed by atoms with Gasteiger partial charge in [-0.1, -0.05) is 30.3 Å². The highest BCUT2D eigenvalue weighted by atomic mass is 79.9. The summed E-state index contributed by atoms with van der Waals surface area (Å²) >= 11 is 3.44. The Morgan fingerprint density at radius 3 is 2.62 bits per heavy atom. The van der Waals surface area contributed by atoms with Crippen LogP contribution >= 0.6 is 15.9 Å². The largest absolute Gasteiger partial charge is 0.492 e. The van der Waals surface area contributed by atoms with Crippen molar-refractivity contribution in [1.82, 2.24) is 4.90 Å². The predicted molar refractivity (Wildman–Crippen MR) is 106 cm³/mol. The second-order valence-electron chi connectivity index (χ2n) is 5.75. The molecule has 0 unspecified atom stereocenters. The molecule has 2 aromatic carbocycles. The van der Waals surface area contributed by atoms with Gasteiger partial charge in [0.2, 0.25) is 5.91 Å².